The summed E-state index contributed by atoms with van der Waals surface area (Å²) in [6.45, 7) is 6.93. The predicted molar refractivity (Wildman–Crippen MR) is 254 cm³/mol. The summed E-state index contributed by atoms with van der Waals surface area (Å²) >= 11 is 0. The molecule has 0 spiro atoms. The molecule has 59 heavy (non-hydrogen) atoms. The Hall–Kier alpha value is -6.44. The normalized spacial score (nSPS) is 13.6. The third-order valence-electron chi connectivity index (χ3n) is 12.8. The maximum atomic E-state index is 2.54. The van der Waals surface area contributed by atoms with Gasteiger partial charge in [0.2, 0.25) is 0 Å². The van der Waals surface area contributed by atoms with Crippen molar-refractivity contribution in [2.45, 2.75) is 64.2 Å². The van der Waals surface area contributed by atoms with Crippen molar-refractivity contribution >= 4 is 49.4 Å². The van der Waals surface area contributed by atoms with Gasteiger partial charge in [0, 0.05) is 16.8 Å². The Morgan fingerprint density at radius 2 is 1.07 bits per heavy atom. The molecule has 10 rings (SSSR count). The minimum atomic E-state index is -0.0122. The summed E-state index contributed by atoms with van der Waals surface area (Å²) in [5.74, 6) is 0.584. The monoisotopic (exact) mass is 761 g/mol. The standard InChI is InChI=1S/C58H51N/c1-58(2,3)45-35-37-56(54(39-45)41-20-8-5-9-21-41)59(46-26-14-25-44(38-46)48-29-17-31-50-47-27-11-10-22-42(47)34-36-51(48)50)55-33-13-12-28-52(55)53-32-16-24-43-23-15-30-49(57(43)53)40-18-6-4-7-19-40/h5,8-17,20-40H,4,6-7,18-19H2,1-3H3. The van der Waals surface area contributed by atoms with Gasteiger partial charge in [-0.3, -0.25) is 0 Å². The van der Waals surface area contributed by atoms with Crippen molar-refractivity contribution in [1.29, 1.82) is 0 Å². The van der Waals surface area contributed by atoms with Crippen LogP contribution in [-0.2, 0) is 5.41 Å². The zero-order valence-corrected chi connectivity index (χ0v) is 34.5. The molecule has 288 valence electrons. The molecular formula is C58H51N. The minimum absolute atomic E-state index is 0.0122. The van der Waals surface area contributed by atoms with Gasteiger partial charge in [-0.05, 0) is 120 Å². The fourth-order valence-electron chi connectivity index (χ4n) is 9.80. The number of hydrogen-bond donors (Lipinski definition) is 0. The fourth-order valence-corrected chi connectivity index (χ4v) is 9.80. The Morgan fingerprint density at radius 1 is 0.424 bits per heavy atom. The molecule has 0 N–H and O–H groups in total. The molecule has 0 amide bonds. The Morgan fingerprint density at radius 3 is 1.92 bits per heavy atom. The van der Waals surface area contributed by atoms with E-state index in [0.717, 1.165) is 11.4 Å². The number of hydrogen-bond acceptors (Lipinski definition) is 1. The Labute approximate surface area is 349 Å². The molecule has 1 aliphatic carbocycles. The van der Waals surface area contributed by atoms with Gasteiger partial charge in [0.05, 0.1) is 11.4 Å². The lowest BCUT2D eigenvalue weighted by atomic mass is 9.80. The smallest absolute Gasteiger partial charge is 0.0540 e. The van der Waals surface area contributed by atoms with Crippen molar-refractivity contribution in [3.05, 3.63) is 199 Å². The van der Waals surface area contributed by atoms with Gasteiger partial charge in [0.1, 0.15) is 0 Å². The molecule has 1 fully saturated rings. The van der Waals surface area contributed by atoms with Crippen molar-refractivity contribution in [2.24, 2.45) is 0 Å². The molecule has 1 saturated carbocycles. The average molecular weight is 762 g/mol. The highest BCUT2D eigenvalue weighted by Crippen LogP contribution is 2.49. The topological polar surface area (TPSA) is 3.24 Å². The van der Waals surface area contributed by atoms with E-state index in [1.807, 2.05) is 0 Å². The van der Waals surface area contributed by atoms with E-state index in [1.54, 1.807) is 0 Å². The van der Waals surface area contributed by atoms with E-state index < -0.39 is 0 Å². The lowest BCUT2D eigenvalue weighted by molar-refractivity contribution is 0.445. The van der Waals surface area contributed by atoms with E-state index in [-0.39, 0.29) is 5.41 Å². The van der Waals surface area contributed by atoms with Gasteiger partial charge in [0.25, 0.3) is 0 Å². The molecule has 0 radical (unpaired) electrons. The SMILES string of the molecule is CC(C)(C)c1ccc(N(c2cccc(-c3cccc4c3ccc3ccccc34)c2)c2ccccc2-c2cccc3cccc(C4CCCCC4)c23)c(-c2ccccc2)c1. The van der Waals surface area contributed by atoms with Gasteiger partial charge in [0.15, 0.2) is 0 Å². The van der Waals surface area contributed by atoms with Crippen molar-refractivity contribution in [2.75, 3.05) is 4.90 Å². The third kappa shape index (κ3) is 6.89. The first-order valence-electron chi connectivity index (χ1n) is 21.5. The minimum Gasteiger partial charge on any atom is -0.309 e. The highest BCUT2D eigenvalue weighted by molar-refractivity contribution is 6.12. The second kappa shape index (κ2) is 15.4. The molecule has 1 heteroatoms. The number of fused-ring (bicyclic) bond motifs is 4. The van der Waals surface area contributed by atoms with Crippen molar-refractivity contribution < 1.29 is 0 Å². The molecule has 1 nitrogen and oxygen atoms in total. The first kappa shape index (κ1) is 36.9. The van der Waals surface area contributed by atoms with Gasteiger partial charge in [-0.2, -0.15) is 0 Å². The average Bonchev–Trinajstić information content (AvgIpc) is 3.29. The molecule has 0 bridgehead atoms. The van der Waals surface area contributed by atoms with Crippen LogP contribution in [0.5, 0.6) is 0 Å². The maximum Gasteiger partial charge on any atom is 0.0540 e. The molecule has 0 saturated heterocycles. The number of nitrogens with zero attached hydrogens (tertiary/aromatic N) is 1. The maximum absolute atomic E-state index is 2.54. The van der Waals surface area contributed by atoms with Gasteiger partial charge >= 0.3 is 0 Å². The number of benzene rings is 9. The van der Waals surface area contributed by atoms with Crippen LogP contribution in [0.1, 0.15) is 69.9 Å². The lowest BCUT2D eigenvalue weighted by Gasteiger charge is -2.32. The van der Waals surface area contributed by atoms with Crippen LogP contribution in [0.25, 0.3) is 65.7 Å². The summed E-state index contributed by atoms with van der Waals surface area (Å²) in [5.41, 5.74) is 13.7. The summed E-state index contributed by atoms with van der Waals surface area (Å²) in [7, 11) is 0. The second-order valence-electron chi connectivity index (χ2n) is 17.5. The van der Waals surface area contributed by atoms with Gasteiger partial charge < -0.3 is 4.90 Å². The Kier molecular flexibility index (Phi) is 9.61. The molecule has 1 aliphatic rings. The fraction of sp³-hybridized carbons (Fsp3) is 0.172. The van der Waals surface area contributed by atoms with Crippen LogP contribution < -0.4 is 4.90 Å². The Balaban J connectivity index is 1.24. The summed E-state index contributed by atoms with van der Waals surface area (Å²) in [6, 6.07) is 70.4. The van der Waals surface area contributed by atoms with Crippen molar-refractivity contribution in [3.63, 3.8) is 0 Å². The lowest BCUT2D eigenvalue weighted by Crippen LogP contribution is -2.15. The van der Waals surface area contributed by atoms with Crippen molar-refractivity contribution in [3.8, 4) is 33.4 Å². The summed E-state index contributed by atoms with van der Waals surface area (Å²) in [4.78, 5) is 2.54. The first-order chi connectivity index (χ1) is 28.9. The molecule has 0 atom stereocenters. The van der Waals surface area contributed by atoms with E-state index in [2.05, 4.69) is 214 Å². The molecule has 0 heterocycles. The summed E-state index contributed by atoms with van der Waals surface area (Å²) < 4.78 is 0. The van der Waals surface area contributed by atoms with Crippen LogP contribution in [0.15, 0.2) is 188 Å². The summed E-state index contributed by atoms with van der Waals surface area (Å²) in [6.07, 6.45) is 6.49. The molecular weight excluding hydrogens is 711 g/mol. The van der Waals surface area contributed by atoms with Crippen molar-refractivity contribution in [1.82, 2.24) is 0 Å². The van der Waals surface area contributed by atoms with Crippen LogP contribution >= 0.6 is 0 Å². The van der Waals surface area contributed by atoms with Gasteiger partial charge in [-0.15, -0.1) is 0 Å². The Bertz CT molecular complexity index is 2950. The van der Waals surface area contributed by atoms with Crippen LogP contribution in [-0.4, -0.2) is 0 Å². The zero-order chi connectivity index (χ0) is 39.9. The van der Waals surface area contributed by atoms with Crippen LogP contribution in [0, 0.1) is 0 Å². The largest absolute Gasteiger partial charge is 0.309 e. The molecule has 9 aromatic carbocycles. The molecule has 0 aliphatic heterocycles. The van der Waals surface area contributed by atoms with Crippen LogP contribution in [0.3, 0.4) is 0 Å². The van der Waals surface area contributed by atoms with E-state index in [4.69, 9.17) is 0 Å². The van der Waals surface area contributed by atoms with E-state index >= 15 is 0 Å². The van der Waals surface area contributed by atoms with E-state index in [9.17, 15) is 0 Å². The van der Waals surface area contributed by atoms with E-state index in [1.165, 1.54) is 115 Å². The zero-order valence-electron chi connectivity index (χ0n) is 34.5. The highest BCUT2D eigenvalue weighted by Gasteiger charge is 2.26. The molecule has 0 aromatic heterocycles. The number of rotatable bonds is 7. The molecule has 9 aromatic rings. The van der Waals surface area contributed by atoms with E-state index in [0.29, 0.717) is 5.92 Å². The summed E-state index contributed by atoms with van der Waals surface area (Å²) in [5, 5.41) is 7.81. The predicted octanol–water partition coefficient (Wildman–Crippen LogP) is 17.0. The van der Waals surface area contributed by atoms with Gasteiger partial charge in [-0.1, -0.05) is 198 Å². The number of anilines is 3. The third-order valence-corrected chi connectivity index (χ3v) is 12.8. The van der Waals surface area contributed by atoms with Crippen LogP contribution in [0.2, 0.25) is 0 Å². The molecule has 0 unspecified atom stereocenters. The first-order valence-corrected chi connectivity index (χ1v) is 21.5. The second-order valence-corrected chi connectivity index (χ2v) is 17.5. The van der Waals surface area contributed by atoms with Gasteiger partial charge in [-0.25, -0.2) is 0 Å². The van der Waals surface area contributed by atoms with Crippen LogP contribution in [0.4, 0.5) is 17.1 Å². The highest BCUT2D eigenvalue weighted by atomic mass is 15.1. The number of para-hydroxylation sites is 1. The quantitative estimate of drug-likeness (QED) is 0.146.